The quantitative estimate of drug-likeness (QED) is 0.0812. The van der Waals surface area contributed by atoms with Gasteiger partial charge >= 0.3 is 29.8 Å². The van der Waals surface area contributed by atoms with Gasteiger partial charge in [-0.05, 0) is 155 Å². The maximum absolute atomic E-state index is 12.3. The summed E-state index contributed by atoms with van der Waals surface area (Å²) >= 11 is 0. The Morgan fingerprint density at radius 2 is 1.02 bits per heavy atom. The number of carbonyl (C=O) groups excluding carboxylic acids is 4. The summed E-state index contributed by atoms with van der Waals surface area (Å²) in [5, 5.41) is 16.6. The van der Waals surface area contributed by atoms with Gasteiger partial charge in [0.15, 0.2) is 0 Å². The first-order valence-electron chi connectivity index (χ1n) is 24.1. The molecular formula is C50H92O11. The summed E-state index contributed by atoms with van der Waals surface area (Å²) in [5.74, 6) is 2.04. The Hall–Kier alpha value is -2.69. The Morgan fingerprint density at radius 3 is 1.41 bits per heavy atom. The lowest BCUT2D eigenvalue weighted by atomic mass is 9.82. The van der Waals surface area contributed by atoms with Crippen molar-refractivity contribution in [3.63, 3.8) is 0 Å². The van der Waals surface area contributed by atoms with Crippen molar-refractivity contribution >= 4 is 29.8 Å². The second-order valence-corrected chi connectivity index (χ2v) is 19.7. The predicted octanol–water partition coefficient (Wildman–Crippen LogP) is 11.5. The van der Waals surface area contributed by atoms with Crippen LogP contribution >= 0.6 is 0 Å². The molecule has 4 rings (SSSR count). The Morgan fingerprint density at radius 1 is 0.557 bits per heavy atom. The number of carboxylic acid groups (broad SMARTS) is 1. The maximum atomic E-state index is 12.3. The monoisotopic (exact) mass is 869 g/mol. The van der Waals surface area contributed by atoms with Crippen molar-refractivity contribution in [1.82, 2.24) is 0 Å². The molecule has 0 radical (unpaired) electrons. The third kappa shape index (κ3) is 20.6. The van der Waals surface area contributed by atoms with E-state index in [0.29, 0.717) is 18.4 Å². The highest BCUT2D eigenvalue weighted by Crippen LogP contribution is 2.60. The van der Waals surface area contributed by atoms with Crippen LogP contribution in [0.4, 0.5) is 0 Å². The Labute approximate surface area is 371 Å². The molecule has 0 aliphatic heterocycles. The zero-order valence-corrected chi connectivity index (χ0v) is 41.3. The number of aliphatic hydroxyl groups is 1. The lowest BCUT2D eigenvalue weighted by molar-refractivity contribution is -0.163. The van der Waals surface area contributed by atoms with Crippen molar-refractivity contribution in [3.05, 3.63) is 0 Å². The highest BCUT2D eigenvalue weighted by molar-refractivity contribution is 5.77. The summed E-state index contributed by atoms with van der Waals surface area (Å²) in [5.41, 5.74) is -1.04. The standard InChI is InChI=1S/C16H26O2.C12H22O2.C9H18O2.C8H16O3.C5H10O2/c1-4-16(2,3)15(17)18-14-12-8-9-13(14)11-7-5-6-10(11)12;1-4-12(2,3)11(13)14-10-8-6-5-7-9-10;1-4-6-7-11-9(10)8(3)5-2;1-4-8(2,3)7(10)11-6-5-9;1-3-4(2)5(6)7/h10-14H,4-9H2,1-3H3;10H,4-9H2,1-3H3;8H,4-7H2,1-3H3;9H,4-6H2,1-3H3;4H,3H2,1-2H3,(H,6,7). The Balaban J connectivity index is 0.000000764. The molecule has 6 unspecified atom stereocenters. The zero-order valence-electron chi connectivity index (χ0n) is 41.3. The molecule has 0 aromatic heterocycles. The molecule has 2 bridgehead atoms. The topological polar surface area (TPSA) is 163 Å². The van der Waals surface area contributed by atoms with Gasteiger partial charge in [0.25, 0.3) is 0 Å². The molecule has 0 heterocycles. The average molecular weight is 869 g/mol. The first-order valence-corrected chi connectivity index (χ1v) is 24.1. The van der Waals surface area contributed by atoms with Gasteiger partial charge < -0.3 is 29.2 Å². The molecule has 6 atom stereocenters. The van der Waals surface area contributed by atoms with Crippen molar-refractivity contribution < 1.29 is 53.1 Å². The number of fused-ring (bicyclic) bond motifs is 5. The normalized spacial score (nSPS) is 22.7. The lowest BCUT2D eigenvalue weighted by Gasteiger charge is -2.27. The molecule has 4 aliphatic carbocycles. The van der Waals surface area contributed by atoms with Gasteiger partial charge in [0.05, 0.1) is 41.3 Å². The van der Waals surface area contributed by atoms with Gasteiger partial charge in [-0.2, -0.15) is 0 Å². The van der Waals surface area contributed by atoms with E-state index in [4.69, 9.17) is 29.2 Å². The first kappa shape index (κ1) is 58.3. The number of carbonyl (C=O) groups is 5. The van der Waals surface area contributed by atoms with Crippen LogP contribution in [0.3, 0.4) is 0 Å². The number of rotatable bonds is 17. The van der Waals surface area contributed by atoms with Gasteiger partial charge in [-0.1, -0.05) is 74.7 Å². The van der Waals surface area contributed by atoms with E-state index in [1.807, 2.05) is 76.2 Å². The van der Waals surface area contributed by atoms with Crippen LogP contribution in [0.25, 0.3) is 0 Å². The van der Waals surface area contributed by atoms with E-state index in [2.05, 4.69) is 13.8 Å². The van der Waals surface area contributed by atoms with Gasteiger partial charge in [0, 0.05) is 0 Å². The van der Waals surface area contributed by atoms with E-state index in [1.165, 1.54) is 51.4 Å². The fraction of sp³-hybridized carbons (Fsp3) is 0.900. The van der Waals surface area contributed by atoms with Crippen LogP contribution < -0.4 is 0 Å². The van der Waals surface area contributed by atoms with Crippen molar-refractivity contribution in [2.45, 2.75) is 218 Å². The molecule has 0 spiro atoms. The SMILES string of the molecule is CCC(C)(C)C(=O)OC1C2CCC1C1CCCC12.CCC(C)(C)C(=O)OC1CCCCC1.CCC(C)(C)C(=O)OCCO.CCC(C)C(=O)O.CCCCOC(=O)C(C)CC. The number of hydrogen-bond donors (Lipinski definition) is 2. The van der Waals surface area contributed by atoms with Crippen LogP contribution in [0.1, 0.15) is 206 Å². The number of esters is 4. The van der Waals surface area contributed by atoms with Crippen molar-refractivity contribution in [1.29, 1.82) is 0 Å². The molecule has 0 saturated heterocycles. The fourth-order valence-corrected chi connectivity index (χ4v) is 7.55. The Bertz CT molecular complexity index is 1250. The van der Waals surface area contributed by atoms with Gasteiger partial charge in [-0.25, -0.2) is 0 Å². The summed E-state index contributed by atoms with van der Waals surface area (Å²) < 4.78 is 21.2. The van der Waals surface area contributed by atoms with Crippen molar-refractivity contribution in [2.75, 3.05) is 19.8 Å². The smallest absolute Gasteiger partial charge is 0.311 e. The van der Waals surface area contributed by atoms with Crippen LogP contribution in [0, 0.1) is 51.8 Å². The van der Waals surface area contributed by atoms with E-state index in [1.54, 1.807) is 6.92 Å². The molecule has 11 heteroatoms. The second kappa shape index (κ2) is 29.6. The second-order valence-electron chi connectivity index (χ2n) is 19.7. The Kier molecular flexibility index (Phi) is 28.3. The van der Waals surface area contributed by atoms with Gasteiger partial charge in [-0.15, -0.1) is 0 Å². The minimum absolute atomic E-state index is 0.0214. The molecule has 11 nitrogen and oxygen atoms in total. The highest BCUT2D eigenvalue weighted by Gasteiger charge is 2.57. The van der Waals surface area contributed by atoms with Crippen molar-refractivity contribution in [3.8, 4) is 0 Å². The van der Waals surface area contributed by atoms with Crippen LogP contribution in [-0.4, -0.2) is 72.1 Å². The third-order valence-electron chi connectivity index (χ3n) is 13.9. The lowest BCUT2D eigenvalue weighted by Crippen LogP contribution is -2.33. The predicted molar refractivity (Wildman–Crippen MR) is 243 cm³/mol. The number of hydrogen-bond acceptors (Lipinski definition) is 10. The van der Waals surface area contributed by atoms with Crippen LogP contribution in [0.2, 0.25) is 0 Å². The summed E-state index contributed by atoms with van der Waals surface area (Å²) in [7, 11) is 0. The summed E-state index contributed by atoms with van der Waals surface area (Å²) in [4.78, 5) is 56.1. The van der Waals surface area contributed by atoms with E-state index in [9.17, 15) is 24.0 Å². The number of ether oxygens (including phenoxy) is 4. The highest BCUT2D eigenvalue weighted by atomic mass is 16.6. The van der Waals surface area contributed by atoms with Crippen molar-refractivity contribution in [2.24, 2.45) is 51.8 Å². The molecule has 4 fully saturated rings. The number of carboxylic acids is 1. The summed E-state index contributed by atoms with van der Waals surface area (Å²) in [6.07, 6.45) is 19.2. The molecule has 4 saturated carbocycles. The maximum Gasteiger partial charge on any atom is 0.311 e. The number of aliphatic carboxylic acids is 1. The van der Waals surface area contributed by atoms with Crippen LogP contribution in [-0.2, 0) is 42.9 Å². The van der Waals surface area contributed by atoms with Gasteiger partial charge in [0.1, 0.15) is 18.8 Å². The van der Waals surface area contributed by atoms with Gasteiger partial charge in [0.2, 0.25) is 0 Å². The van der Waals surface area contributed by atoms with E-state index in [0.717, 1.165) is 69.6 Å². The minimum Gasteiger partial charge on any atom is -0.481 e. The van der Waals surface area contributed by atoms with E-state index < -0.39 is 11.4 Å². The molecule has 0 aromatic carbocycles. The minimum atomic E-state index is -0.706. The largest absolute Gasteiger partial charge is 0.481 e. The van der Waals surface area contributed by atoms with Crippen LogP contribution in [0.5, 0.6) is 0 Å². The molecular weight excluding hydrogens is 777 g/mol. The van der Waals surface area contributed by atoms with E-state index >= 15 is 0 Å². The van der Waals surface area contributed by atoms with Gasteiger partial charge in [-0.3, -0.25) is 24.0 Å². The molecule has 61 heavy (non-hydrogen) atoms. The summed E-state index contributed by atoms with van der Waals surface area (Å²) in [6.45, 7) is 27.7. The fourth-order valence-electron chi connectivity index (χ4n) is 7.55. The molecule has 358 valence electrons. The third-order valence-corrected chi connectivity index (χ3v) is 13.9. The number of aliphatic hydroxyl groups excluding tert-OH is 1. The molecule has 0 amide bonds. The van der Waals surface area contributed by atoms with Crippen LogP contribution in [0.15, 0.2) is 0 Å². The van der Waals surface area contributed by atoms with E-state index in [-0.39, 0.29) is 72.0 Å². The average Bonchev–Trinajstić information content (AvgIpc) is 3.97. The molecule has 0 aromatic rings. The zero-order chi connectivity index (χ0) is 47.0. The molecule has 2 N–H and O–H groups in total. The first-order chi connectivity index (χ1) is 28.5. The summed E-state index contributed by atoms with van der Waals surface area (Å²) in [6, 6.07) is 0. The molecule has 4 aliphatic rings. The number of unbranched alkanes of at least 4 members (excludes halogenated alkanes) is 1.